The lowest BCUT2D eigenvalue weighted by molar-refractivity contribution is -0.529. The summed E-state index contributed by atoms with van der Waals surface area (Å²) in [6, 6.07) is 45.6. The van der Waals surface area contributed by atoms with E-state index in [2.05, 4.69) is 169 Å². The molecule has 5 heteroatoms. The SMILES string of the molecule is CC1=C(c2ccc(-c3cccc4ncccc34)cc2)C2=C(CC1)C1=C(c3[nH+]c(-c4ccccc4)nc(-c4cccc5c4C(C)(C)c4ccccc4-5)[nH+]3)C=CCC1[OH+]2. The van der Waals surface area contributed by atoms with Gasteiger partial charge in [-0.3, -0.25) is 4.98 Å². The molecule has 57 heavy (non-hydrogen) atoms. The zero-order valence-electron chi connectivity index (χ0n) is 32.4. The molecule has 11 rings (SSSR count). The highest BCUT2D eigenvalue weighted by atomic mass is 16.5. The van der Waals surface area contributed by atoms with Crippen molar-refractivity contribution in [1.82, 2.24) is 9.97 Å². The van der Waals surface area contributed by atoms with E-state index >= 15 is 0 Å². The first-order valence-electron chi connectivity index (χ1n) is 20.1. The van der Waals surface area contributed by atoms with Gasteiger partial charge in [0.05, 0.1) is 50.3 Å². The summed E-state index contributed by atoms with van der Waals surface area (Å²) in [5.41, 5.74) is 18.4. The highest BCUT2D eigenvalue weighted by Gasteiger charge is 2.46. The Balaban J connectivity index is 1.05. The Morgan fingerprint density at radius 1 is 0.667 bits per heavy atom. The summed E-state index contributed by atoms with van der Waals surface area (Å²) in [5, 5.41) is 1.17. The molecule has 4 aliphatic rings. The van der Waals surface area contributed by atoms with Crippen LogP contribution in [0.15, 0.2) is 168 Å². The standard InChI is InChI=1S/C52H40N4O/c1-31-24-29-39-46-40(18-11-23-44(46)57-48(39)45(31)33-27-25-32(26-28-33)35-16-10-22-43-37(35)20-12-30-53-43)50-54-49(34-13-5-4-6-14-34)55-51(56-50)41-19-9-17-38-36-15-7-8-21-42(36)52(2,3)47(38)41/h4-22,25-28,30,44H,23-24,29H2,1-3H3/p+3. The number of hydrogen-bond acceptors (Lipinski definition) is 2. The monoisotopic (exact) mass is 739 g/mol. The van der Waals surface area contributed by atoms with Crippen LogP contribution in [0.3, 0.4) is 0 Å². The van der Waals surface area contributed by atoms with Crippen molar-refractivity contribution in [2.45, 2.75) is 51.6 Å². The van der Waals surface area contributed by atoms with Gasteiger partial charge in [0, 0.05) is 17.0 Å². The van der Waals surface area contributed by atoms with Gasteiger partial charge in [-0.25, -0.2) is 0 Å². The molecule has 5 nitrogen and oxygen atoms in total. The number of H-pyrrole nitrogens is 2. The first-order valence-corrected chi connectivity index (χ1v) is 20.1. The molecule has 0 saturated carbocycles. The van der Waals surface area contributed by atoms with Gasteiger partial charge >= 0.3 is 17.5 Å². The number of rotatable bonds is 5. The third-order valence-corrected chi connectivity index (χ3v) is 12.6. The second-order valence-electron chi connectivity index (χ2n) is 16.2. The number of fused-ring (bicyclic) bond motifs is 6. The van der Waals surface area contributed by atoms with Gasteiger partial charge in [0.2, 0.25) is 6.10 Å². The highest BCUT2D eigenvalue weighted by molar-refractivity contribution is 5.95. The predicted molar refractivity (Wildman–Crippen MR) is 229 cm³/mol. The summed E-state index contributed by atoms with van der Waals surface area (Å²) in [5.74, 6) is 3.79. The van der Waals surface area contributed by atoms with Crippen molar-refractivity contribution in [3.8, 4) is 45.0 Å². The second kappa shape index (κ2) is 12.9. The average molecular weight is 740 g/mol. The van der Waals surface area contributed by atoms with Crippen molar-refractivity contribution in [2.24, 2.45) is 0 Å². The molecule has 0 amide bonds. The van der Waals surface area contributed by atoms with Crippen LogP contribution >= 0.6 is 0 Å². The van der Waals surface area contributed by atoms with Crippen molar-refractivity contribution in [3.05, 3.63) is 191 Å². The van der Waals surface area contributed by atoms with Gasteiger partial charge in [-0.15, -0.1) is 0 Å². The maximum atomic E-state index is 5.55. The van der Waals surface area contributed by atoms with Gasteiger partial charge in [-0.1, -0.05) is 123 Å². The quantitative estimate of drug-likeness (QED) is 0.165. The van der Waals surface area contributed by atoms with Crippen molar-refractivity contribution in [3.63, 3.8) is 0 Å². The third kappa shape index (κ3) is 5.29. The highest BCUT2D eigenvalue weighted by Crippen LogP contribution is 2.52. The summed E-state index contributed by atoms with van der Waals surface area (Å²) in [6.45, 7) is 6.97. The van der Waals surface area contributed by atoms with E-state index in [1.165, 1.54) is 66.6 Å². The number of aromatic nitrogens is 4. The lowest BCUT2D eigenvalue weighted by Crippen LogP contribution is -2.33. The maximum absolute atomic E-state index is 5.55. The number of pyridine rings is 1. The summed E-state index contributed by atoms with van der Waals surface area (Å²) in [4.78, 5) is 17.6. The molecular formula is C52H43N4O+3. The Labute approximate surface area is 332 Å². The van der Waals surface area contributed by atoms with Crippen LogP contribution < -0.4 is 9.97 Å². The van der Waals surface area contributed by atoms with Crippen LogP contribution in [0, 0.1) is 0 Å². The Bertz CT molecular complexity index is 2930. The molecular weight excluding hydrogens is 697 g/mol. The molecule has 2 aromatic heterocycles. The van der Waals surface area contributed by atoms with Gasteiger partial charge in [-0.05, 0) is 95.1 Å². The van der Waals surface area contributed by atoms with Crippen LogP contribution in [0.1, 0.15) is 62.5 Å². The summed E-state index contributed by atoms with van der Waals surface area (Å²) in [6.07, 6.45) is 9.37. The Morgan fingerprint density at radius 2 is 1.40 bits per heavy atom. The number of ether oxygens (including phenoxy) is 1. The van der Waals surface area contributed by atoms with E-state index in [-0.39, 0.29) is 11.5 Å². The lowest BCUT2D eigenvalue weighted by atomic mass is 9.80. The maximum Gasteiger partial charge on any atom is 0.401 e. The first kappa shape index (κ1) is 33.6. The van der Waals surface area contributed by atoms with Crippen LogP contribution in [0.5, 0.6) is 0 Å². The number of nitrogens with zero attached hydrogens (tertiary/aromatic N) is 2. The minimum Gasteiger partial charge on any atom is -0.576 e. The number of hydrogen-bond donors (Lipinski definition) is 0. The van der Waals surface area contributed by atoms with Gasteiger partial charge in [0.1, 0.15) is 0 Å². The Hall–Kier alpha value is -6.72. The minimum absolute atomic E-state index is 0.0614. The van der Waals surface area contributed by atoms with E-state index in [4.69, 9.17) is 9.72 Å². The fourth-order valence-electron chi connectivity index (χ4n) is 9.90. The van der Waals surface area contributed by atoms with E-state index < -0.39 is 0 Å². The molecule has 3 heterocycles. The van der Waals surface area contributed by atoms with Crippen molar-refractivity contribution in [1.29, 1.82) is 0 Å². The molecule has 5 aromatic carbocycles. The molecule has 1 unspecified atom stereocenters. The van der Waals surface area contributed by atoms with E-state index in [1.807, 2.05) is 12.3 Å². The summed E-state index contributed by atoms with van der Waals surface area (Å²) < 4.78 is 5.55. The van der Waals surface area contributed by atoms with Crippen molar-refractivity contribution < 1.29 is 14.7 Å². The smallest absolute Gasteiger partial charge is 0.401 e. The van der Waals surface area contributed by atoms with Crippen molar-refractivity contribution >= 4 is 22.0 Å². The fraction of sp³-hybridized carbons (Fsp3) is 0.154. The molecule has 0 bridgehead atoms. The molecule has 1 aliphatic heterocycles. The molecule has 1 atom stereocenters. The normalized spacial score (nSPS) is 17.7. The van der Waals surface area contributed by atoms with Crippen LogP contribution in [0.25, 0.3) is 67.1 Å². The minimum atomic E-state index is -0.181. The summed E-state index contributed by atoms with van der Waals surface area (Å²) >= 11 is 0. The van der Waals surface area contributed by atoms with Crippen LogP contribution in [0.4, 0.5) is 0 Å². The number of aliphatic hydroxyl groups is 2. The zero-order valence-corrected chi connectivity index (χ0v) is 32.4. The number of nitrogens with one attached hydrogen (secondary N) is 2. The molecule has 7 aromatic rings. The molecule has 3 aliphatic carbocycles. The number of allylic oxidation sites excluding steroid dienone is 4. The molecule has 274 valence electrons. The van der Waals surface area contributed by atoms with E-state index in [9.17, 15) is 0 Å². The summed E-state index contributed by atoms with van der Waals surface area (Å²) in [7, 11) is 0. The second-order valence-corrected chi connectivity index (χ2v) is 16.2. The zero-order chi connectivity index (χ0) is 38.3. The fourth-order valence-corrected chi connectivity index (χ4v) is 9.90. The van der Waals surface area contributed by atoms with Gasteiger partial charge in [0.25, 0.3) is 5.76 Å². The number of benzene rings is 5. The number of aromatic amines is 2. The van der Waals surface area contributed by atoms with Crippen LogP contribution in [0.2, 0.25) is 0 Å². The Kier molecular flexibility index (Phi) is 7.62. The predicted octanol–water partition coefficient (Wildman–Crippen LogP) is 10.7. The van der Waals surface area contributed by atoms with Crippen LogP contribution in [-0.2, 0) is 5.41 Å². The van der Waals surface area contributed by atoms with Gasteiger partial charge in [0.15, 0.2) is 0 Å². The van der Waals surface area contributed by atoms with Gasteiger partial charge in [-0.2, -0.15) is 9.97 Å². The molecule has 3 N–H and O–H groups in total. The third-order valence-electron chi connectivity index (χ3n) is 12.6. The molecule has 0 radical (unpaired) electrons. The van der Waals surface area contributed by atoms with E-state index in [0.29, 0.717) is 0 Å². The van der Waals surface area contributed by atoms with E-state index in [0.717, 1.165) is 64.7 Å². The Morgan fingerprint density at radius 3 is 2.28 bits per heavy atom. The molecule has 0 spiro atoms. The lowest BCUT2D eigenvalue weighted by Gasteiger charge is -2.22. The molecule has 0 saturated heterocycles. The molecule has 0 fully saturated rings. The van der Waals surface area contributed by atoms with Crippen LogP contribution in [-0.4, -0.2) is 20.8 Å². The van der Waals surface area contributed by atoms with Gasteiger partial charge < -0.3 is 4.74 Å². The van der Waals surface area contributed by atoms with Crippen molar-refractivity contribution in [2.75, 3.05) is 0 Å². The largest absolute Gasteiger partial charge is 0.576 e. The van der Waals surface area contributed by atoms with E-state index in [1.54, 1.807) is 0 Å². The topological polar surface area (TPSA) is 66.9 Å². The average Bonchev–Trinajstić information content (AvgIpc) is 3.75. The first-order chi connectivity index (χ1) is 27.9.